The molecule has 2 rings (SSSR count). The lowest BCUT2D eigenvalue weighted by molar-refractivity contribution is 0.0455. The zero-order chi connectivity index (χ0) is 13.3. The van der Waals surface area contributed by atoms with E-state index in [0.717, 1.165) is 17.6 Å². The van der Waals surface area contributed by atoms with E-state index in [1.165, 1.54) is 5.69 Å². The van der Waals surface area contributed by atoms with E-state index in [-0.39, 0.29) is 18.2 Å². The van der Waals surface area contributed by atoms with Crippen molar-refractivity contribution in [2.24, 2.45) is 0 Å². The van der Waals surface area contributed by atoms with E-state index in [0.29, 0.717) is 0 Å². The topological polar surface area (TPSA) is 26.7 Å². The fourth-order valence-electron chi connectivity index (χ4n) is 2.59. The van der Waals surface area contributed by atoms with E-state index in [9.17, 15) is 5.11 Å². The maximum Gasteiger partial charge on any atom is 0.0604 e. The molecular weight excluding hydrogens is 292 g/mol. The molecule has 0 saturated carbocycles. The van der Waals surface area contributed by atoms with Gasteiger partial charge in [-0.2, -0.15) is 0 Å². The van der Waals surface area contributed by atoms with Gasteiger partial charge in [0.15, 0.2) is 0 Å². The number of benzene rings is 1. The van der Waals surface area contributed by atoms with E-state index < -0.39 is 0 Å². The second-order valence-corrected chi connectivity index (χ2v) is 6.45. The van der Waals surface area contributed by atoms with Crippen LogP contribution in [0.1, 0.15) is 13.8 Å². The minimum Gasteiger partial charge on any atom is -0.395 e. The maximum absolute atomic E-state index is 9.55. The van der Waals surface area contributed by atoms with Crippen molar-refractivity contribution in [1.82, 2.24) is 4.90 Å². The average Bonchev–Trinajstić information content (AvgIpc) is 2.33. The number of rotatable bonds is 2. The van der Waals surface area contributed by atoms with Crippen LogP contribution in [0.2, 0.25) is 0 Å². The number of aliphatic hydroxyl groups excluding tert-OH is 1. The van der Waals surface area contributed by atoms with Crippen LogP contribution in [0.3, 0.4) is 0 Å². The molecule has 1 atom stereocenters. The van der Waals surface area contributed by atoms with Gasteiger partial charge in [0, 0.05) is 23.1 Å². The van der Waals surface area contributed by atoms with Crippen molar-refractivity contribution >= 4 is 21.6 Å². The lowest BCUT2D eigenvalue weighted by Crippen LogP contribution is -2.63. The first kappa shape index (κ1) is 13.8. The van der Waals surface area contributed by atoms with Crippen molar-refractivity contribution in [3.05, 3.63) is 28.7 Å². The van der Waals surface area contributed by atoms with Gasteiger partial charge in [-0.1, -0.05) is 12.1 Å². The molecule has 1 unspecified atom stereocenters. The predicted octanol–water partition coefficient (Wildman–Crippen LogP) is 2.34. The van der Waals surface area contributed by atoms with Gasteiger partial charge in [0.25, 0.3) is 0 Å². The summed E-state index contributed by atoms with van der Waals surface area (Å²) in [6.07, 6.45) is 0. The van der Waals surface area contributed by atoms with Crippen LogP contribution in [0.15, 0.2) is 28.7 Å². The minimum atomic E-state index is 0.0565. The number of hydrogen-bond donors (Lipinski definition) is 1. The highest BCUT2D eigenvalue weighted by atomic mass is 79.9. The fourth-order valence-corrected chi connectivity index (χ4v) is 3.12. The maximum atomic E-state index is 9.55. The number of aliphatic hydroxyl groups is 1. The van der Waals surface area contributed by atoms with Gasteiger partial charge in [-0.3, -0.25) is 4.90 Å². The molecule has 1 aromatic rings. The molecule has 0 spiro atoms. The summed E-state index contributed by atoms with van der Waals surface area (Å²) in [5.41, 5.74) is 1.26. The zero-order valence-electron chi connectivity index (χ0n) is 11.2. The number of anilines is 1. The van der Waals surface area contributed by atoms with Gasteiger partial charge in [-0.25, -0.2) is 0 Å². The molecule has 1 aliphatic rings. The summed E-state index contributed by atoms with van der Waals surface area (Å²) in [7, 11) is 2.10. The van der Waals surface area contributed by atoms with Crippen LogP contribution in [0, 0.1) is 0 Å². The Morgan fingerprint density at radius 3 is 2.67 bits per heavy atom. The molecule has 1 aliphatic heterocycles. The van der Waals surface area contributed by atoms with Gasteiger partial charge in [0.05, 0.1) is 18.3 Å². The lowest BCUT2D eigenvalue weighted by atomic mass is 9.95. The predicted molar refractivity (Wildman–Crippen MR) is 79.1 cm³/mol. The number of hydrogen-bond acceptors (Lipinski definition) is 3. The minimum absolute atomic E-state index is 0.0565. The molecule has 1 fully saturated rings. The van der Waals surface area contributed by atoms with Crippen molar-refractivity contribution in [2.45, 2.75) is 25.4 Å². The Balaban J connectivity index is 2.28. The summed E-state index contributed by atoms with van der Waals surface area (Å²) in [6.45, 7) is 6.46. The highest BCUT2D eigenvalue weighted by Gasteiger charge is 2.37. The molecule has 0 aliphatic carbocycles. The van der Waals surface area contributed by atoms with Crippen molar-refractivity contribution in [3.8, 4) is 0 Å². The smallest absolute Gasteiger partial charge is 0.0604 e. The van der Waals surface area contributed by atoms with E-state index in [1.54, 1.807) is 0 Å². The Hall–Kier alpha value is -0.580. The summed E-state index contributed by atoms with van der Waals surface area (Å²) in [5.74, 6) is 0. The lowest BCUT2D eigenvalue weighted by Gasteiger charge is -2.50. The van der Waals surface area contributed by atoms with Gasteiger partial charge in [0.2, 0.25) is 0 Å². The van der Waals surface area contributed by atoms with Crippen molar-refractivity contribution in [2.75, 3.05) is 31.6 Å². The number of halogens is 1. The van der Waals surface area contributed by atoms with Gasteiger partial charge < -0.3 is 10.0 Å². The molecule has 1 N–H and O–H groups in total. The molecule has 0 aromatic heterocycles. The Kier molecular flexibility index (Phi) is 3.99. The van der Waals surface area contributed by atoms with Crippen molar-refractivity contribution in [3.63, 3.8) is 0 Å². The average molecular weight is 313 g/mol. The first-order chi connectivity index (χ1) is 8.45. The van der Waals surface area contributed by atoms with Crippen LogP contribution < -0.4 is 4.90 Å². The van der Waals surface area contributed by atoms with Crippen LogP contribution in [-0.4, -0.2) is 48.3 Å². The Labute approximate surface area is 118 Å². The third kappa shape index (κ3) is 2.56. The summed E-state index contributed by atoms with van der Waals surface area (Å²) in [6, 6.07) is 8.45. The third-order valence-electron chi connectivity index (χ3n) is 3.92. The van der Waals surface area contributed by atoms with E-state index in [1.807, 2.05) is 6.07 Å². The number of likely N-dealkylation sites (N-methyl/N-ethyl adjacent to an activating group) is 1. The van der Waals surface area contributed by atoms with E-state index in [2.05, 4.69) is 64.8 Å². The number of nitrogens with zero attached hydrogens (tertiary/aromatic N) is 2. The molecule has 4 heteroatoms. The van der Waals surface area contributed by atoms with Crippen LogP contribution in [0.25, 0.3) is 0 Å². The van der Waals surface area contributed by atoms with Gasteiger partial charge in [-0.05, 0) is 49.0 Å². The molecule has 18 heavy (non-hydrogen) atoms. The summed E-state index contributed by atoms with van der Waals surface area (Å²) in [5, 5.41) is 9.55. The Morgan fingerprint density at radius 2 is 2.06 bits per heavy atom. The van der Waals surface area contributed by atoms with Crippen LogP contribution in [-0.2, 0) is 0 Å². The fraction of sp³-hybridized carbons (Fsp3) is 0.571. The molecule has 3 nitrogen and oxygen atoms in total. The third-order valence-corrected chi connectivity index (χ3v) is 4.59. The highest BCUT2D eigenvalue weighted by molar-refractivity contribution is 9.10. The van der Waals surface area contributed by atoms with Gasteiger partial charge in [-0.15, -0.1) is 0 Å². The summed E-state index contributed by atoms with van der Waals surface area (Å²) < 4.78 is 1.11. The quantitative estimate of drug-likeness (QED) is 0.908. The molecule has 0 bridgehead atoms. The largest absolute Gasteiger partial charge is 0.395 e. The van der Waals surface area contributed by atoms with Crippen molar-refractivity contribution in [1.29, 1.82) is 0 Å². The van der Waals surface area contributed by atoms with Crippen LogP contribution in [0.4, 0.5) is 5.69 Å². The summed E-state index contributed by atoms with van der Waals surface area (Å²) >= 11 is 3.61. The summed E-state index contributed by atoms with van der Waals surface area (Å²) in [4.78, 5) is 4.63. The Bertz CT molecular complexity index is 422. The highest BCUT2D eigenvalue weighted by Crippen LogP contribution is 2.32. The zero-order valence-corrected chi connectivity index (χ0v) is 12.8. The molecule has 0 amide bonds. The number of para-hydroxylation sites is 1. The van der Waals surface area contributed by atoms with Crippen LogP contribution in [0.5, 0.6) is 0 Å². The Morgan fingerprint density at radius 1 is 1.39 bits per heavy atom. The molecular formula is C14H21BrN2O. The normalized spacial score (nSPS) is 24.3. The molecule has 100 valence electrons. The second kappa shape index (κ2) is 5.19. The SMILES string of the molecule is CN1C(CO)CN(c2ccccc2Br)CC1(C)C. The molecule has 0 radical (unpaired) electrons. The number of piperazine rings is 1. The van der Waals surface area contributed by atoms with Gasteiger partial charge >= 0.3 is 0 Å². The standard InChI is InChI=1S/C14H21BrN2O/c1-14(2)10-17(8-11(9-18)16(14)3)13-7-5-4-6-12(13)15/h4-7,11,18H,8-10H2,1-3H3. The first-order valence-corrected chi connectivity index (χ1v) is 7.08. The van der Waals surface area contributed by atoms with E-state index in [4.69, 9.17) is 0 Å². The second-order valence-electron chi connectivity index (χ2n) is 5.59. The molecule has 1 aromatic carbocycles. The molecule has 1 heterocycles. The first-order valence-electron chi connectivity index (χ1n) is 6.29. The molecule has 1 saturated heterocycles. The van der Waals surface area contributed by atoms with E-state index >= 15 is 0 Å². The monoisotopic (exact) mass is 312 g/mol. The van der Waals surface area contributed by atoms with Crippen molar-refractivity contribution < 1.29 is 5.11 Å². The van der Waals surface area contributed by atoms with Crippen LogP contribution >= 0.6 is 15.9 Å². The van der Waals surface area contributed by atoms with Gasteiger partial charge in [0.1, 0.15) is 0 Å².